The average Bonchev–Trinajstić information content (AvgIpc) is 3.43. The molecule has 3 aromatic carbocycles. The molecular formula is C29H22N6O3S. The number of aromatic nitrogens is 3. The van der Waals surface area contributed by atoms with Gasteiger partial charge in [-0.1, -0.05) is 24.1 Å². The van der Waals surface area contributed by atoms with Crippen LogP contribution in [-0.4, -0.2) is 28.3 Å². The summed E-state index contributed by atoms with van der Waals surface area (Å²) >= 11 is 0. The highest BCUT2D eigenvalue weighted by Gasteiger charge is 2.18. The quantitative estimate of drug-likeness (QED) is 0.158. The maximum absolute atomic E-state index is 13.4. The number of hydrogen-bond donors (Lipinski definition) is 3. The minimum absolute atomic E-state index is 0.0497. The number of carbonyl (C=O) groups excluding carboxylic acids is 1. The number of nitrogen functional groups attached to an aromatic ring is 1. The SMILES string of the molecule is C#Cc1cccc(Nc2ncnc3ccc(S(=O)(=O)n4ccc(/C=C/C(=O)Nc5ccccc5N)c4)cc23)c1. The van der Waals surface area contributed by atoms with E-state index in [9.17, 15) is 13.2 Å². The molecule has 0 saturated carbocycles. The first-order valence-corrected chi connectivity index (χ1v) is 13.1. The average molecular weight is 535 g/mol. The molecule has 5 rings (SSSR count). The Kier molecular flexibility index (Phi) is 6.82. The molecule has 0 bridgehead atoms. The molecule has 0 aliphatic rings. The van der Waals surface area contributed by atoms with Crippen molar-refractivity contribution in [2.24, 2.45) is 0 Å². The number of nitrogens with zero attached hydrogens (tertiary/aromatic N) is 3. The minimum atomic E-state index is -3.95. The maximum Gasteiger partial charge on any atom is 0.267 e. The van der Waals surface area contributed by atoms with Crippen molar-refractivity contribution in [2.45, 2.75) is 4.90 Å². The molecule has 9 nitrogen and oxygen atoms in total. The second-order valence-corrected chi connectivity index (χ2v) is 10.3. The van der Waals surface area contributed by atoms with Crippen LogP contribution in [0.25, 0.3) is 17.0 Å². The second-order valence-electron chi connectivity index (χ2n) is 8.44. The zero-order valence-electron chi connectivity index (χ0n) is 20.4. The molecule has 0 unspecified atom stereocenters. The highest BCUT2D eigenvalue weighted by molar-refractivity contribution is 7.90. The zero-order chi connectivity index (χ0) is 27.4. The van der Waals surface area contributed by atoms with Gasteiger partial charge in [0.15, 0.2) is 0 Å². The third-order valence-electron chi connectivity index (χ3n) is 5.81. The predicted octanol–water partition coefficient (Wildman–Crippen LogP) is 4.63. The fraction of sp³-hybridized carbons (Fsp3) is 0. The van der Waals surface area contributed by atoms with Crippen LogP contribution in [0.3, 0.4) is 0 Å². The number of nitrogens with two attached hydrogens (primary N) is 1. The summed E-state index contributed by atoms with van der Waals surface area (Å²) in [5, 5.41) is 6.40. The molecule has 0 fully saturated rings. The summed E-state index contributed by atoms with van der Waals surface area (Å²) in [5.74, 6) is 2.62. The van der Waals surface area contributed by atoms with Crippen LogP contribution in [0.5, 0.6) is 0 Å². The van der Waals surface area contributed by atoms with E-state index in [1.54, 1.807) is 48.5 Å². The second kappa shape index (κ2) is 10.5. The van der Waals surface area contributed by atoms with Gasteiger partial charge >= 0.3 is 0 Å². The van der Waals surface area contributed by atoms with E-state index in [-0.39, 0.29) is 4.90 Å². The summed E-state index contributed by atoms with van der Waals surface area (Å²) in [6.07, 6.45) is 12.6. The molecule has 0 aliphatic carbocycles. The molecule has 2 heterocycles. The van der Waals surface area contributed by atoms with Gasteiger partial charge < -0.3 is 16.4 Å². The molecule has 0 spiro atoms. The Morgan fingerprint density at radius 1 is 1.03 bits per heavy atom. The number of hydrogen-bond acceptors (Lipinski definition) is 7. The molecule has 2 aromatic heterocycles. The predicted molar refractivity (Wildman–Crippen MR) is 153 cm³/mol. The highest BCUT2D eigenvalue weighted by atomic mass is 32.2. The number of terminal acetylenes is 1. The Hall–Kier alpha value is -5.40. The summed E-state index contributed by atoms with van der Waals surface area (Å²) in [5.41, 5.74) is 9.28. The van der Waals surface area contributed by atoms with E-state index in [2.05, 4.69) is 26.5 Å². The fourth-order valence-corrected chi connectivity index (χ4v) is 5.07. The molecule has 10 heteroatoms. The van der Waals surface area contributed by atoms with Crippen molar-refractivity contribution in [3.05, 3.63) is 109 Å². The molecule has 5 aromatic rings. The Bertz CT molecular complexity index is 1890. The van der Waals surface area contributed by atoms with Crippen molar-refractivity contribution < 1.29 is 13.2 Å². The first-order chi connectivity index (χ1) is 18.8. The number of benzene rings is 3. The fourth-order valence-electron chi connectivity index (χ4n) is 3.84. The summed E-state index contributed by atoms with van der Waals surface area (Å²) in [4.78, 5) is 20.9. The van der Waals surface area contributed by atoms with Gasteiger partial charge in [0.1, 0.15) is 12.1 Å². The Labute approximate surface area is 225 Å². The number of amides is 1. The van der Waals surface area contributed by atoms with Crippen LogP contribution >= 0.6 is 0 Å². The van der Waals surface area contributed by atoms with Crippen LogP contribution in [0, 0.1) is 12.3 Å². The molecule has 192 valence electrons. The molecule has 0 atom stereocenters. The Balaban J connectivity index is 1.39. The van der Waals surface area contributed by atoms with E-state index in [0.717, 1.165) is 3.97 Å². The standard InChI is InChI=1S/C29H22N6O3S/c1-2-20-6-5-7-22(16-20)33-29-24-17-23(11-12-26(24)31-19-32-29)39(37,38)35-15-14-21(18-35)10-13-28(36)34-27-9-4-3-8-25(27)30/h1,3-19H,30H2,(H,34,36)(H,31,32,33)/b13-10+. The number of carbonyl (C=O) groups is 1. The van der Waals surface area contributed by atoms with E-state index in [1.165, 1.54) is 43.0 Å². The summed E-state index contributed by atoms with van der Waals surface area (Å²) in [7, 11) is -3.95. The van der Waals surface area contributed by atoms with Gasteiger partial charge in [0, 0.05) is 35.1 Å². The van der Waals surface area contributed by atoms with Gasteiger partial charge in [0.05, 0.1) is 21.8 Å². The van der Waals surface area contributed by atoms with Gasteiger partial charge in [-0.2, -0.15) is 0 Å². The van der Waals surface area contributed by atoms with Gasteiger partial charge in [-0.25, -0.2) is 22.4 Å². The van der Waals surface area contributed by atoms with E-state index >= 15 is 0 Å². The van der Waals surface area contributed by atoms with Gasteiger partial charge in [-0.05, 0) is 66.2 Å². The van der Waals surface area contributed by atoms with Crippen LogP contribution in [0.2, 0.25) is 0 Å². The van der Waals surface area contributed by atoms with E-state index in [1.807, 2.05) is 12.1 Å². The van der Waals surface area contributed by atoms with Gasteiger partial charge in [0.2, 0.25) is 5.91 Å². The topological polar surface area (TPSA) is 132 Å². The zero-order valence-corrected chi connectivity index (χ0v) is 21.3. The summed E-state index contributed by atoms with van der Waals surface area (Å²) in [6, 6.07) is 20.4. The van der Waals surface area contributed by atoms with Crippen LogP contribution in [0.4, 0.5) is 22.9 Å². The van der Waals surface area contributed by atoms with Crippen molar-refractivity contribution in [3.8, 4) is 12.3 Å². The van der Waals surface area contributed by atoms with Gasteiger partial charge in [-0.3, -0.25) is 4.79 Å². The molecular weight excluding hydrogens is 512 g/mol. The lowest BCUT2D eigenvalue weighted by atomic mass is 10.2. The number of rotatable bonds is 7. The van der Waals surface area contributed by atoms with Crippen molar-refractivity contribution in [3.63, 3.8) is 0 Å². The highest BCUT2D eigenvalue weighted by Crippen LogP contribution is 2.27. The molecule has 0 aliphatic heterocycles. The first kappa shape index (κ1) is 25.3. The van der Waals surface area contributed by atoms with Gasteiger partial charge in [-0.15, -0.1) is 6.42 Å². The normalized spacial score (nSPS) is 11.4. The van der Waals surface area contributed by atoms with Crippen molar-refractivity contribution in [2.75, 3.05) is 16.4 Å². The molecule has 4 N–H and O–H groups in total. The number of fused-ring (bicyclic) bond motifs is 1. The van der Waals surface area contributed by atoms with E-state index < -0.39 is 15.9 Å². The van der Waals surface area contributed by atoms with Crippen molar-refractivity contribution in [1.82, 2.24) is 13.9 Å². The summed E-state index contributed by atoms with van der Waals surface area (Å²) < 4.78 is 27.9. The first-order valence-electron chi connectivity index (χ1n) is 11.7. The van der Waals surface area contributed by atoms with Crippen LogP contribution in [-0.2, 0) is 14.8 Å². The third-order valence-corrected chi connectivity index (χ3v) is 7.44. The number of anilines is 4. The van der Waals surface area contributed by atoms with Crippen LogP contribution in [0.1, 0.15) is 11.1 Å². The Morgan fingerprint density at radius 3 is 2.69 bits per heavy atom. The lowest BCUT2D eigenvalue weighted by molar-refractivity contribution is -0.111. The van der Waals surface area contributed by atoms with Crippen molar-refractivity contribution >= 4 is 55.8 Å². The third kappa shape index (κ3) is 5.49. The summed E-state index contributed by atoms with van der Waals surface area (Å²) in [6.45, 7) is 0. The van der Waals surface area contributed by atoms with E-state index in [0.29, 0.717) is 44.9 Å². The number of nitrogens with one attached hydrogen (secondary N) is 2. The molecule has 39 heavy (non-hydrogen) atoms. The lowest BCUT2D eigenvalue weighted by Crippen LogP contribution is -2.11. The van der Waals surface area contributed by atoms with Crippen LogP contribution in [0.15, 0.2) is 102 Å². The van der Waals surface area contributed by atoms with E-state index in [4.69, 9.17) is 12.2 Å². The molecule has 1 amide bonds. The monoisotopic (exact) mass is 534 g/mol. The Morgan fingerprint density at radius 2 is 1.87 bits per heavy atom. The van der Waals surface area contributed by atoms with Crippen molar-refractivity contribution in [1.29, 1.82) is 0 Å². The molecule has 0 radical (unpaired) electrons. The smallest absolute Gasteiger partial charge is 0.267 e. The largest absolute Gasteiger partial charge is 0.397 e. The maximum atomic E-state index is 13.4. The number of para-hydroxylation sites is 2. The van der Waals surface area contributed by atoms with Gasteiger partial charge in [0.25, 0.3) is 10.0 Å². The lowest BCUT2D eigenvalue weighted by Gasteiger charge is -2.11. The minimum Gasteiger partial charge on any atom is -0.397 e. The van der Waals surface area contributed by atoms with Crippen LogP contribution < -0.4 is 16.4 Å². The molecule has 0 saturated heterocycles.